The molecule has 12 heteroatoms. The summed E-state index contributed by atoms with van der Waals surface area (Å²) in [6, 6.07) is 6.64. The average molecular weight is 512 g/mol. The van der Waals surface area contributed by atoms with E-state index in [1.165, 1.54) is 31.9 Å². The van der Waals surface area contributed by atoms with Gasteiger partial charge in [0.25, 0.3) is 0 Å². The van der Waals surface area contributed by atoms with Crippen LogP contribution in [0, 0.1) is 13.8 Å². The molecule has 0 aliphatic heterocycles. The molecule has 0 fully saturated rings. The Hall–Kier alpha value is -2.60. The number of furan rings is 1. The molecular weight excluding hydrogens is 486 g/mol. The molecule has 0 aliphatic rings. The molecule has 0 saturated heterocycles. The van der Waals surface area contributed by atoms with Crippen LogP contribution in [0.1, 0.15) is 11.1 Å². The summed E-state index contributed by atoms with van der Waals surface area (Å²) in [5, 5.41) is 11.7. The van der Waals surface area contributed by atoms with Crippen LogP contribution in [-0.4, -0.2) is 53.2 Å². The van der Waals surface area contributed by atoms with Crippen LogP contribution in [0.25, 0.3) is 11.6 Å². The SMILES string of the molecule is C=CCn1c(SCC(=O)Nc2ccc(C)c(S(=O)(=O)N(C)C)c2)nnc1-c1occc1C.Cl. The number of sulfonamides is 1. The molecule has 0 aliphatic carbocycles. The summed E-state index contributed by atoms with van der Waals surface area (Å²) >= 11 is 1.22. The summed E-state index contributed by atoms with van der Waals surface area (Å²) in [5.41, 5.74) is 1.94. The number of aromatic nitrogens is 3. The molecule has 2 heterocycles. The van der Waals surface area contributed by atoms with Crippen molar-refractivity contribution < 1.29 is 17.6 Å². The van der Waals surface area contributed by atoms with Gasteiger partial charge in [-0.1, -0.05) is 23.9 Å². The highest BCUT2D eigenvalue weighted by Crippen LogP contribution is 2.27. The monoisotopic (exact) mass is 511 g/mol. The van der Waals surface area contributed by atoms with E-state index in [2.05, 4.69) is 22.1 Å². The number of aryl methyl sites for hydroxylation is 2. The van der Waals surface area contributed by atoms with Gasteiger partial charge >= 0.3 is 0 Å². The number of thioether (sulfide) groups is 1. The number of anilines is 1. The quantitative estimate of drug-likeness (QED) is 0.344. The third-order valence-corrected chi connectivity index (χ3v) is 7.58. The molecule has 1 amide bonds. The Balaban J connectivity index is 0.00000385. The number of allylic oxidation sites excluding steroid dienone is 1. The van der Waals surface area contributed by atoms with Gasteiger partial charge in [-0.2, -0.15) is 0 Å². The molecule has 178 valence electrons. The molecule has 3 rings (SSSR count). The predicted octanol–water partition coefficient (Wildman–Crippen LogP) is 3.74. The van der Waals surface area contributed by atoms with Crippen LogP contribution in [0.4, 0.5) is 5.69 Å². The van der Waals surface area contributed by atoms with Gasteiger partial charge in [0.15, 0.2) is 10.9 Å². The molecule has 9 nitrogen and oxygen atoms in total. The van der Waals surface area contributed by atoms with Crippen LogP contribution in [0.5, 0.6) is 0 Å². The van der Waals surface area contributed by atoms with Crippen molar-refractivity contribution in [1.29, 1.82) is 0 Å². The lowest BCUT2D eigenvalue weighted by Crippen LogP contribution is -2.23. The second-order valence-corrected chi connectivity index (χ2v) is 10.3. The number of nitrogens with zero attached hydrogens (tertiary/aromatic N) is 4. The molecule has 3 aromatic rings. The Morgan fingerprint density at radius 3 is 2.58 bits per heavy atom. The fourth-order valence-corrected chi connectivity index (χ4v) is 4.83. The van der Waals surface area contributed by atoms with Gasteiger partial charge in [-0.25, -0.2) is 12.7 Å². The Morgan fingerprint density at radius 1 is 1.24 bits per heavy atom. The van der Waals surface area contributed by atoms with E-state index in [0.717, 1.165) is 9.87 Å². The van der Waals surface area contributed by atoms with Crippen LogP contribution < -0.4 is 5.32 Å². The molecule has 1 aromatic carbocycles. The first kappa shape index (κ1) is 26.7. The lowest BCUT2D eigenvalue weighted by molar-refractivity contribution is -0.113. The summed E-state index contributed by atoms with van der Waals surface area (Å²) in [4.78, 5) is 12.7. The zero-order valence-corrected chi connectivity index (χ0v) is 21.2. The molecule has 0 radical (unpaired) electrons. The van der Waals surface area contributed by atoms with Crippen molar-refractivity contribution in [2.24, 2.45) is 0 Å². The first-order valence-electron chi connectivity index (χ1n) is 9.69. The minimum absolute atomic E-state index is 0. The van der Waals surface area contributed by atoms with Gasteiger partial charge in [-0.05, 0) is 43.2 Å². The van der Waals surface area contributed by atoms with Crippen molar-refractivity contribution in [2.75, 3.05) is 25.2 Å². The van der Waals surface area contributed by atoms with Crippen LogP contribution in [0.3, 0.4) is 0 Å². The van der Waals surface area contributed by atoms with Crippen molar-refractivity contribution >= 4 is 45.8 Å². The second kappa shape index (κ2) is 11.0. The molecule has 33 heavy (non-hydrogen) atoms. The highest BCUT2D eigenvalue weighted by Gasteiger charge is 2.21. The zero-order chi connectivity index (χ0) is 23.5. The average Bonchev–Trinajstić information content (AvgIpc) is 3.33. The smallest absolute Gasteiger partial charge is 0.242 e. The Labute approximate surface area is 203 Å². The maximum absolute atomic E-state index is 12.5. The van der Waals surface area contributed by atoms with Gasteiger partial charge in [0.1, 0.15) is 0 Å². The molecule has 0 spiro atoms. The number of hydrogen-bond acceptors (Lipinski definition) is 7. The zero-order valence-electron chi connectivity index (χ0n) is 18.7. The van der Waals surface area contributed by atoms with Crippen molar-refractivity contribution in [3.63, 3.8) is 0 Å². The number of nitrogens with one attached hydrogen (secondary N) is 1. The third-order valence-electron chi connectivity index (χ3n) is 4.66. The molecule has 0 unspecified atom stereocenters. The van der Waals surface area contributed by atoms with E-state index < -0.39 is 10.0 Å². The number of carbonyl (C=O) groups excluding carboxylic acids is 1. The van der Waals surface area contributed by atoms with Gasteiger partial charge in [0, 0.05) is 26.3 Å². The van der Waals surface area contributed by atoms with E-state index in [0.29, 0.717) is 34.5 Å². The van der Waals surface area contributed by atoms with E-state index in [4.69, 9.17) is 4.42 Å². The van der Waals surface area contributed by atoms with Gasteiger partial charge in [0.2, 0.25) is 21.8 Å². The maximum atomic E-state index is 12.5. The number of carbonyl (C=O) groups is 1. The predicted molar refractivity (Wildman–Crippen MR) is 131 cm³/mol. The third kappa shape index (κ3) is 5.85. The molecule has 0 saturated carbocycles. The van der Waals surface area contributed by atoms with Crippen molar-refractivity contribution in [2.45, 2.75) is 30.4 Å². The number of amides is 1. The minimum Gasteiger partial charge on any atom is -0.461 e. The van der Waals surface area contributed by atoms with Gasteiger partial charge in [-0.3, -0.25) is 9.36 Å². The molecule has 1 N–H and O–H groups in total. The summed E-state index contributed by atoms with van der Waals surface area (Å²) in [6.07, 6.45) is 3.30. The number of halogens is 1. The lowest BCUT2D eigenvalue weighted by Gasteiger charge is -2.15. The molecule has 2 aromatic heterocycles. The molecule has 0 bridgehead atoms. The van der Waals surface area contributed by atoms with Crippen LogP contribution in [0.15, 0.2) is 57.7 Å². The fourth-order valence-electron chi connectivity index (χ4n) is 2.94. The highest BCUT2D eigenvalue weighted by atomic mass is 35.5. The topological polar surface area (TPSA) is 110 Å². The summed E-state index contributed by atoms with van der Waals surface area (Å²) in [6.45, 7) is 7.85. The van der Waals surface area contributed by atoms with E-state index in [9.17, 15) is 13.2 Å². The normalized spacial score (nSPS) is 11.3. The van der Waals surface area contributed by atoms with E-state index in [1.54, 1.807) is 31.4 Å². The van der Waals surface area contributed by atoms with Crippen LogP contribution in [0.2, 0.25) is 0 Å². The summed E-state index contributed by atoms with van der Waals surface area (Å²) in [5.74, 6) is 0.948. The Kier molecular flexibility index (Phi) is 8.89. The number of rotatable bonds is 9. The first-order chi connectivity index (χ1) is 15.1. The second-order valence-electron chi connectivity index (χ2n) is 7.24. The first-order valence-corrected chi connectivity index (χ1v) is 12.1. The molecular formula is C21H26ClN5O4S2. The largest absolute Gasteiger partial charge is 0.461 e. The van der Waals surface area contributed by atoms with Crippen molar-refractivity contribution in [3.05, 3.63) is 54.3 Å². The fraction of sp³-hybridized carbons (Fsp3) is 0.286. The van der Waals surface area contributed by atoms with Gasteiger partial charge < -0.3 is 9.73 Å². The number of benzene rings is 1. The van der Waals surface area contributed by atoms with Gasteiger partial charge in [0.05, 0.1) is 16.9 Å². The van der Waals surface area contributed by atoms with Crippen LogP contribution >= 0.6 is 24.2 Å². The van der Waals surface area contributed by atoms with Crippen molar-refractivity contribution in [1.82, 2.24) is 19.1 Å². The minimum atomic E-state index is -3.62. The van der Waals surface area contributed by atoms with Crippen LogP contribution in [-0.2, 0) is 21.4 Å². The lowest BCUT2D eigenvalue weighted by atomic mass is 10.2. The Morgan fingerprint density at radius 2 is 1.97 bits per heavy atom. The summed E-state index contributed by atoms with van der Waals surface area (Å²) < 4.78 is 33.5. The van der Waals surface area contributed by atoms with E-state index >= 15 is 0 Å². The van der Waals surface area contributed by atoms with Crippen molar-refractivity contribution in [3.8, 4) is 11.6 Å². The van der Waals surface area contributed by atoms with Gasteiger partial charge in [-0.15, -0.1) is 29.2 Å². The van der Waals surface area contributed by atoms with E-state index in [1.807, 2.05) is 17.6 Å². The highest BCUT2D eigenvalue weighted by molar-refractivity contribution is 7.99. The molecule has 0 atom stereocenters. The Bertz CT molecular complexity index is 1250. The van der Waals surface area contributed by atoms with E-state index in [-0.39, 0.29) is 29.0 Å². The number of hydrogen-bond donors (Lipinski definition) is 1. The maximum Gasteiger partial charge on any atom is 0.242 e. The summed E-state index contributed by atoms with van der Waals surface area (Å²) in [7, 11) is -0.685. The standard InChI is InChI=1S/C21H25N5O4S2.ClH/c1-6-10-26-20(19-15(3)9-11-30-19)23-24-21(26)31-13-18(27)22-16-8-7-14(2)17(12-16)32(28,29)25(4)5;/h6-9,11-12H,1,10,13H2,2-5H3,(H,22,27);1H.